The summed E-state index contributed by atoms with van der Waals surface area (Å²) in [6, 6.07) is 9.09. The summed E-state index contributed by atoms with van der Waals surface area (Å²) < 4.78 is 5.76. The molecule has 1 saturated heterocycles. The molecule has 3 aromatic rings. The topological polar surface area (TPSA) is 87.7 Å². The van der Waals surface area contributed by atoms with Crippen LogP contribution in [0.4, 0.5) is 5.69 Å². The van der Waals surface area contributed by atoms with Crippen LogP contribution in [0.25, 0.3) is 21.8 Å². The Hall–Kier alpha value is -3.30. The zero-order valence-electron chi connectivity index (χ0n) is 24.0. The van der Waals surface area contributed by atoms with Crippen LogP contribution in [-0.4, -0.2) is 69.9 Å². The molecule has 8 nitrogen and oxygen atoms in total. The van der Waals surface area contributed by atoms with Crippen molar-refractivity contribution in [1.29, 1.82) is 0 Å². The molecule has 1 aliphatic heterocycles. The van der Waals surface area contributed by atoms with Crippen LogP contribution in [0, 0.1) is 0 Å². The number of methoxy groups -OCH3 is 1. The fraction of sp³-hybridized carbons (Fsp3) is 0.500. The van der Waals surface area contributed by atoms with Crippen LogP contribution >= 0.6 is 11.3 Å². The van der Waals surface area contributed by atoms with E-state index in [9.17, 15) is 9.59 Å². The summed E-state index contributed by atoms with van der Waals surface area (Å²) in [4.78, 5) is 41.1. The van der Waals surface area contributed by atoms with E-state index in [-0.39, 0.29) is 11.8 Å². The number of anilines is 1. The van der Waals surface area contributed by atoms with E-state index in [1.54, 1.807) is 19.5 Å². The Balaban J connectivity index is 1.18. The lowest BCUT2D eigenvalue weighted by Gasteiger charge is -2.39. The number of benzene rings is 1. The van der Waals surface area contributed by atoms with E-state index in [1.807, 2.05) is 29.6 Å². The second-order valence-corrected chi connectivity index (χ2v) is 12.4. The summed E-state index contributed by atoms with van der Waals surface area (Å²) in [5, 5.41) is 4.90. The highest BCUT2D eigenvalue weighted by molar-refractivity contribution is 7.14. The van der Waals surface area contributed by atoms with Gasteiger partial charge in [-0.25, -0.2) is 4.98 Å². The number of ether oxygens (including phenoxy) is 1. The van der Waals surface area contributed by atoms with Gasteiger partial charge in [-0.1, -0.05) is 19.4 Å². The van der Waals surface area contributed by atoms with Crippen LogP contribution in [0.3, 0.4) is 0 Å². The fourth-order valence-electron chi connectivity index (χ4n) is 5.84. The smallest absolute Gasteiger partial charge is 0.258 e. The van der Waals surface area contributed by atoms with E-state index in [1.165, 1.54) is 24.2 Å². The van der Waals surface area contributed by atoms with Gasteiger partial charge in [0.2, 0.25) is 5.91 Å². The highest BCUT2D eigenvalue weighted by Gasteiger charge is 2.41. The van der Waals surface area contributed by atoms with E-state index < -0.39 is 0 Å². The number of nitrogens with one attached hydrogen (secondary N) is 1. The number of hydrogen-bond acceptors (Lipinski definition) is 7. The third kappa shape index (κ3) is 6.46. The molecule has 3 heterocycles. The van der Waals surface area contributed by atoms with Gasteiger partial charge in [-0.2, -0.15) is 0 Å². The van der Waals surface area contributed by atoms with Crippen molar-refractivity contribution in [1.82, 2.24) is 19.8 Å². The molecule has 9 heteroatoms. The summed E-state index contributed by atoms with van der Waals surface area (Å²) in [6.45, 7) is 4.26. The predicted molar refractivity (Wildman–Crippen MR) is 162 cm³/mol. The van der Waals surface area contributed by atoms with Crippen molar-refractivity contribution in [3.63, 3.8) is 0 Å². The lowest BCUT2D eigenvalue weighted by molar-refractivity contribution is -0.116. The molecule has 1 aromatic carbocycles. The Morgan fingerprint density at radius 3 is 2.51 bits per heavy atom. The third-order valence-electron chi connectivity index (χ3n) is 8.39. The first-order valence-electron chi connectivity index (χ1n) is 15.0. The number of nitrogens with zero attached hydrogens (tertiary/aromatic N) is 4. The number of hydrogen-bond donors (Lipinski definition) is 1. The van der Waals surface area contributed by atoms with Gasteiger partial charge in [-0.15, -0.1) is 11.3 Å². The first kappa shape index (κ1) is 27.8. The lowest BCUT2D eigenvalue weighted by atomic mass is 10.00. The molecule has 0 radical (unpaired) electrons. The molecule has 1 N–H and O–H groups in total. The zero-order valence-corrected chi connectivity index (χ0v) is 24.8. The molecule has 2 aliphatic carbocycles. The predicted octanol–water partition coefficient (Wildman–Crippen LogP) is 6.24. The Morgan fingerprint density at radius 2 is 1.80 bits per heavy atom. The molecule has 3 fully saturated rings. The van der Waals surface area contributed by atoms with Crippen LogP contribution in [-0.2, 0) is 4.79 Å². The first-order chi connectivity index (χ1) is 20.0. The van der Waals surface area contributed by atoms with Crippen molar-refractivity contribution in [3.8, 4) is 27.6 Å². The molecule has 2 amide bonds. The van der Waals surface area contributed by atoms with E-state index in [0.29, 0.717) is 35.5 Å². The number of thiophene rings is 1. The van der Waals surface area contributed by atoms with E-state index >= 15 is 0 Å². The standard InChI is InChI=1S/C32H39N5O3S/c1-3-4-5-31(38)34-22-17-30(41-20-22)28-19-33-18-27(35-28)21-6-11-26(29(16-21)40-2)32(39)37(24-9-10-24)25-12-14-36(15-13-25)23-7-8-23/h6,11,16-20,23-25H,3-5,7-10,12-15H2,1-2H3,(H,34,38). The third-order valence-corrected chi connectivity index (χ3v) is 9.34. The van der Waals surface area contributed by atoms with Crippen molar-refractivity contribution in [3.05, 3.63) is 47.6 Å². The molecule has 216 valence electrons. The number of likely N-dealkylation sites (tertiary alicyclic amines) is 1. The number of rotatable bonds is 11. The average molecular weight is 574 g/mol. The monoisotopic (exact) mass is 573 g/mol. The van der Waals surface area contributed by atoms with Gasteiger partial charge >= 0.3 is 0 Å². The Morgan fingerprint density at radius 1 is 1.05 bits per heavy atom. The summed E-state index contributed by atoms with van der Waals surface area (Å²) in [7, 11) is 1.62. The minimum Gasteiger partial charge on any atom is -0.496 e. The highest BCUT2D eigenvalue weighted by Crippen LogP contribution is 2.38. The minimum absolute atomic E-state index is 0.0294. The molecule has 0 atom stereocenters. The van der Waals surface area contributed by atoms with E-state index in [2.05, 4.69) is 27.0 Å². The number of amides is 2. The number of unbranched alkanes of at least 4 members (excludes halogenated alkanes) is 1. The van der Waals surface area contributed by atoms with Crippen LogP contribution in [0.2, 0.25) is 0 Å². The van der Waals surface area contributed by atoms with Gasteiger partial charge in [-0.05, 0) is 63.1 Å². The number of carbonyl (C=O) groups is 2. The Labute approximate surface area is 246 Å². The summed E-state index contributed by atoms with van der Waals surface area (Å²) in [5.74, 6) is 0.670. The molecular weight excluding hydrogens is 534 g/mol. The number of piperidine rings is 1. The van der Waals surface area contributed by atoms with Gasteiger partial charge in [0.15, 0.2) is 0 Å². The second kappa shape index (κ2) is 12.3. The maximum atomic E-state index is 13.9. The minimum atomic E-state index is 0.0294. The molecular formula is C32H39N5O3S. The van der Waals surface area contributed by atoms with Crippen molar-refractivity contribution in [2.75, 3.05) is 25.5 Å². The summed E-state index contributed by atoms with van der Waals surface area (Å²) in [6.07, 6.45) is 12.8. The quantitative estimate of drug-likeness (QED) is 0.292. The molecule has 3 aliphatic rings. The molecule has 2 aromatic heterocycles. The number of aromatic nitrogens is 2. The van der Waals surface area contributed by atoms with Crippen LogP contribution in [0.5, 0.6) is 5.75 Å². The largest absolute Gasteiger partial charge is 0.496 e. The highest BCUT2D eigenvalue weighted by atomic mass is 32.1. The van der Waals surface area contributed by atoms with E-state index in [4.69, 9.17) is 9.72 Å². The summed E-state index contributed by atoms with van der Waals surface area (Å²) >= 11 is 1.52. The molecule has 0 bridgehead atoms. The number of carbonyl (C=O) groups excluding carboxylic acids is 2. The van der Waals surface area contributed by atoms with Crippen molar-refractivity contribution >= 4 is 28.8 Å². The van der Waals surface area contributed by atoms with Crippen LogP contribution in [0.15, 0.2) is 42.0 Å². The van der Waals surface area contributed by atoms with Gasteiger partial charge in [0.1, 0.15) is 5.75 Å². The molecule has 2 saturated carbocycles. The Bertz CT molecular complexity index is 1390. The van der Waals surface area contributed by atoms with Crippen LogP contribution in [0.1, 0.15) is 75.1 Å². The van der Waals surface area contributed by atoms with Gasteiger partial charge in [-0.3, -0.25) is 14.6 Å². The normalized spacial score (nSPS) is 17.8. The zero-order chi connectivity index (χ0) is 28.3. The Kier molecular flexibility index (Phi) is 8.35. The summed E-state index contributed by atoms with van der Waals surface area (Å²) in [5.41, 5.74) is 3.67. The lowest BCUT2D eigenvalue weighted by Crippen LogP contribution is -2.49. The molecule has 6 rings (SSSR count). The second-order valence-electron chi connectivity index (χ2n) is 11.5. The fourth-order valence-corrected chi connectivity index (χ4v) is 6.63. The maximum Gasteiger partial charge on any atom is 0.258 e. The van der Waals surface area contributed by atoms with Crippen LogP contribution < -0.4 is 10.1 Å². The van der Waals surface area contributed by atoms with Crippen molar-refractivity contribution in [2.24, 2.45) is 0 Å². The molecule has 0 spiro atoms. The average Bonchev–Trinajstić information content (AvgIpc) is 3.95. The van der Waals surface area contributed by atoms with Gasteiger partial charge in [0.05, 0.1) is 47.0 Å². The van der Waals surface area contributed by atoms with Gasteiger partial charge in [0, 0.05) is 48.6 Å². The van der Waals surface area contributed by atoms with Crippen molar-refractivity contribution < 1.29 is 14.3 Å². The molecule has 0 unspecified atom stereocenters. The van der Waals surface area contributed by atoms with Crippen molar-refractivity contribution in [2.45, 2.75) is 82.8 Å². The van der Waals surface area contributed by atoms with Gasteiger partial charge < -0.3 is 19.9 Å². The molecule has 41 heavy (non-hydrogen) atoms. The first-order valence-corrected chi connectivity index (χ1v) is 15.9. The van der Waals surface area contributed by atoms with Gasteiger partial charge in [0.25, 0.3) is 5.91 Å². The SMILES string of the molecule is CCCCC(=O)Nc1csc(-c2cncc(-c3ccc(C(=O)N(C4CC4)C4CCN(C5CC5)CC4)c(OC)c3)n2)c1. The maximum absolute atomic E-state index is 13.9. The van der Waals surface area contributed by atoms with E-state index in [0.717, 1.165) is 79.5 Å².